The van der Waals surface area contributed by atoms with Crippen molar-refractivity contribution >= 4 is 23.5 Å². The minimum atomic E-state index is -0.850. The van der Waals surface area contributed by atoms with E-state index in [2.05, 4.69) is 6.58 Å². The molecule has 1 aromatic rings. The minimum absolute atomic E-state index is 0.238. The molecule has 0 bridgehead atoms. The van der Waals surface area contributed by atoms with Gasteiger partial charge in [-0.1, -0.05) is 12.2 Å². The fraction of sp³-hybridized carbons (Fsp3) is 0.353. The van der Waals surface area contributed by atoms with Crippen LogP contribution in [0.25, 0.3) is 0 Å². The van der Waals surface area contributed by atoms with E-state index in [9.17, 15) is 14.4 Å². The predicted octanol–water partition coefficient (Wildman–Crippen LogP) is 2.48. The molecule has 0 aromatic heterocycles. The zero-order valence-electron chi connectivity index (χ0n) is 12.6. The Balaban J connectivity index is 2.21. The molecule has 2 amide bonds. The maximum absolute atomic E-state index is 12.9. The number of carbonyl (C=O) groups excluding carboxylic acids is 3. The molecule has 1 fully saturated rings. The maximum Gasteiger partial charge on any atom is 0.308 e. The summed E-state index contributed by atoms with van der Waals surface area (Å²) < 4.78 is 5.13. The van der Waals surface area contributed by atoms with Gasteiger partial charge in [0.15, 0.2) is 0 Å². The highest BCUT2D eigenvalue weighted by Crippen LogP contribution is 2.54. The summed E-state index contributed by atoms with van der Waals surface area (Å²) in [6.07, 6.45) is 2.24. The number of anilines is 1. The Hall–Kier alpha value is -2.43. The van der Waals surface area contributed by atoms with Crippen LogP contribution in [0.4, 0.5) is 5.69 Å². The molecular formula is C17H17NO4. The van der Waals surface area contributed by atoms with Gasteiger partial charge >= 0.3 is 5.97 Å². The van der Waals surface area contributed by atoms with Gasteiger partial charge in [-0.15, -0.1) is 0 Å². The van der Waals surface area contributed by atoms with Gasteiger partial charge in [0, 0.05) is 13.8 Å². The first-order chi connectivity index (χ1) is 10.4. The third kappa shape index (κ3) is 1.81. The summed E-state index contributed by atoms with van der Waals surface area (Å²) in [5.74, 6) is -0.601. The van der Waals surface area contributed by atoms with Gasteiger partial charge in [-0.25, -0.2) is 4.90 Å². The first-order valence-corrected chi connectivity index (χ1v) is 7.24. The van der Waals surface area contributed by atoms with E-state index in [0.717, 1.165) is 18.4 Å². The summed E-state index contributed by atoms with van der Waals surface area (Å²) in [5, 5.41) is 0. The van der Waals surface area contributed by atoms with Crippen LogP contribution < -0.4 is 9.64 Å². The lowest BCUT2D eigenvalue weighted by Crippen LogP contribution is -2.41. The topological polar surface area (TPSA) is 63.7 Å². The number of hydrogen-bond acceptors (Lipinski definition) is 4. The van der Waals surface area contributed by atoms with E-state index >= 15 is 0 Å². The van der Waals surface area contributed by atoms with E-state index in [0.29, 0.717) is 23.4 Å². The number of nitrogens with zero attached hydrogens (tertiary/aromatic N) is 1. The number of fused-ring (bicyclic) bond motifs is 2. The number of benzene rings is 1. The van der Waals surface area contributed by atoms with Crippen molar-refractivity contribution in [3.05, 3.63) is 35.9 Å². The average molecular weight is 299 g/mol. The quantitative estimate of drug-likeness (QED) is 0.454. The standard InChI is InChI=1S/C17H17NO4/c1-10-5-4-8-17(10)14-9-13(22-12(3)20)6-7-15(14)18(11(2)19)16(17)21/h6-7,9H,1,4-5,8H2,2-3H3/t17-/m0/s1. The van der Waals surface area contributed by atoms with Gasteiger partial charge in [0.25, 0.3) is 0 Å². The zero-order chi connectivity index (χ0) is 16.1. The molecule has 2 aliphatic rings. The Morgan fingerprint density at radius 1 is 1.32 bits per heavy atom. The molecule has 1 aliphatic carbocycles. The predicted molar refractivity (Wildman–Crippen MR) is 80.6 cm³/mol. The Morgan fingerprint density at radius 3 is 2.59 bits per heavy atom. The van der Waals surface area contributed by atoms with Crippen LogP contribution in [0.1, 0.15) is 38.7 Å². The lowest BCUT2D eigenvalue weighted by atomic mass is 9.77. The number of carbonyl (C=O) groups is 3. The largest absolute Gasteiger partial charge is 0.427 e. The summed E-state index contributed by atoms with van der Waals surface area (Å²) in [5.41, 5.74) is 1.25. The highest BCUT2D eigenvalue weighted by Gasteiger charge is 2.55. The molecule has 1 saturated carbocycles. The first-order valence-electron chi connectivity index (χ1n) is 7.24. The van der Waals surface area contributed by atoms with E-state index in [1.54, 1.807) is 18.2 Å². The molecular weight excluding hydrogens is 282 g/mol. The minimum Gasteiger partial charge on any atom is -0.427 e. The highest BCUT2D eigenvalue weighted by molar-refractivity contribution is 6.23. The number of esters is 1. The van der Waals surface area contributed by atoms with Crippen LogP contribution in [0.3, 0.4) is 0 Å². The van der Waals surface area contributed by atoms with Crippen molar-refractivity contribution in [2.75, 3.05) is 4.90 Å². The monoisotopic (exact) mass is 299 g/mol. The molecule has 114 valence electrons. The summed E-state index contributed by atoms with van der Waals surface area (Å²) in [6.45, 7) is 6.75. The smallest absolute Gasteiger partial charge is 0.308 e. The van der Waals surface area contributed by atoms with Crippen molar-refractivity contribution in [1.82, 2.24) is 0 Å². The number of ether oxygens (including phenoxy) is 1. The molecule has 1 spiro atoms. The molecule has 5 heteroatoms. The van der Waals surface area contributed by atoms with Crippen LogP contribution in [-0.2, 0) is 19.8 Å². The number of hydrogen-bond donors (Lipinski definition) is 0. The third-order valence-corrected chi connectivity index (χ3v) is 4.45. The summed E-state index contributed by atoms with van der Waals surface area (Å²) in [6, 6.07) is 4.95. The van der Waals surface area contributed by atoms with Gasteiger partial charge in [-0.2, -0.15) is 0 Å². The van der Waals surface area contributed by atoms with Crippen LogP contribution in [-0.4, -0.2) is 17.8 Å². The number of rotatable bonds is 1. The van der Waals surface area contributed by atoms with Gasteiger partial charge in [0.2, 0.25) is 11.8 Å². The Kier molecular flexibility index (Phi) is 3.16. The van der Waals surface area contributed by atoms with Crippen LogP contribution in [0.5, 0.6) is 5.75 Å². The summed E-state index contributed by atoms with van der Waals surface area (Å²) in [4.78, 5) is 37.2. The van der Waals surface area contributed by atoms with Crippen molar-refractivity contribution in [1.29, 1.82) is 0 Å². The van der Waals surface area contributed by atoms with E-state index in [1.807, 2.05) is 0 Å². The van der Waals surface area contributed by atoms with E-state index in [4.69, 9.17) is 4.74 Å². The molecule has 5 nitrogen and oxygen atoms in total. The molecule has 0 saturated heterocycles. The van der Waals surface area contributed by atoms with Crippen molar-refractivity contribution in [3.8, 4) is 5.75 Å². The fourth-order valence-electron chi connectivity index (χ4n) is 3.55. The Labute approximate surface area is 128 Å². The van der Waals surface area contributed by atoms with Gasteiger partial charge in [0.1, 0.15) is 5.75 Å². The van der Waals surface area contributed by atoms with Gasteiger partial charge in [-0.3, -0.25) is 14.4 Å². The highest BCUT2D eigenvalue weighted by atomic mass is 16.5. The van der Waals surface area contributed by atoms with E-state index in [-0.39, 0.29) is 11.8 Å². The first kappa shape index (κ1) is 14.5. The van der Waals surface area contributed by atoms with Gasteiger partial charge in [-0.05, 0) is 43.0 Å². The van der Waals surface area contributed by atoms with Crippen molar-refractivity contribution < 1.29 is 19.1 Å². The van der Waals surface area contributed by atoms with Crippen LogP contribution in [0.2, 0.25) is 0 Å². The maximum atomic E-state index is 12.9. The van der Waals surface area contributed by atoms with Crippen LogP contribution in [0.15, 0.2) is 30.4 Å². The second-order valence-electron chi connectivity index (χ2n) is 5.79. The molecule has 0 unspecified atom stereocenters. The molecule has 0 N–H and O–H groups in total. The van der Waals surface area contributed by atoms with Crippen molar-refractivity contribution in [3.63, 3.8) is 0 Å². The van der Waals surface area contributed by atoms with E-state index in [1.165, 1.54) is 18.7 Å². The third-order valence-electron chi connectivity index (χ3n) is 4.45. The molecule has 1 heterocycles. The number of amides is 2. The zero-order valence-corrected chi connectivity index (χ0v) is 12.6. The summed E-state index contributed by atoms with van der Waals surface area (Å²) >= 11 is 0. The SMILES string of the molecule is C=C1CCC[C@]12C(=O)N(C(C)=O)c1ccc(OC(C)=O)cc12. The molecule has 0 radical (unpaired) electrons. The van der Waals surface area contributed by atoms with Crippen LogP contribution >= 0.6 is 0 Å². The van der Waals surface area contributed by atoms with Crippen molar-refractivity contribution in [2.24, 2.45) is 0 Å². The normalized spacial score (nSPS) is 23.1. The molecule has 1 aliphatic heterocycles. The second kappa shape index (κ2) is 4.80. The fourth-order valence-corrected chi connectivity index (χ4v) is 3.55. The second-order valence-corrected chi connectivity index (χ2v) is 5.79. The average Bonchev–Trinajstić information content (AvgIpc) is 2.92. The van der Waals surface area contributed by atoms with Crippen LogP contribution in [0, 0.1) is 0 Å². The molecule has 22 heavy (non-hydrogen) atoms. The van der Waals surface area contributed by atoms with E-state index < -0.39 is 11.4 Å². The van der Waals surface area contributed by atoms with Crippen molar-refractivity contribution in [2.45, 2.75) is 38.5 Å². The number of imide groups is 1. The lowest BCUT2D eigenvalue weighted by molar-refractivity contribution is -0.132. The Morgan fingerprint density at radius 2 is 2.05 bits per heavy atom. The molecule has 1 atom stereocenters. The van der Waals surface area contributed by atoms with Gasteiger partial charge in [0.05, 0.1) is 11.1 Å². The summed E-state index contributed by atoms with van der Waals surface area (Å²) in [7, 11) is 0. The molecule has 1 aromatic carbocycles. The Bertz CT molecular complexity index is 721. The molecule has 3 rings (SSSR count). The van der Waals surface area contributed by atoms with Gasteiger partial charge < -0.3 is 4.74 Å². The lowest BCUT2D eigenvalue weighted by Gasteiger charge is -2.24.